The Bertz CT molecular complexity index is 787. The van der Waals surface area contributed by atoms with Crippen LogP contribution in [0, 0.1) is 0 Å². The Morgan fingerprint density at radius 3 is 2.33 bits per heavy atom. The van der Waals surface area contributed by atoms with Gasteiger partial charge in [-0.15, -0.1) is 0 Å². The van der Waals surface area contributed by atoms with Crippen molar-refractivity contribution in [3.05, 3.63) is 54.1 Å². The Kier molecular flexibility index (Phi) is 6.08. The summed E-state index contributed by atoms with van der Waals surface area (Å²) in [4.78, 5) is 26.3. The van der Waals surface area contributed by atoms with E-state index < -0.39 is 0 Å². The lowest BCUT2D eigenvalue weighted by Gasteiger charge is -2.15. The van der Waals surface area contributed by atoms with E-state index in [1.807, 2.05) is 36.5 Å². The van der Waals surface area contributed by atoms with Crippen LogP contribution in [-0.4, -0.2) is 38.1 Å². The molecule has 6 heteroatoms. The van der Waals surface area contributed by atoms with Crippen molar-refractivity contribution in [3.63, 3.8) is 0 Å². The molecule has 1 saturated heterocycles. The van der Waals surface area contributed by atoms with Crippen molar-refractivity contribution in [3.8, 4) is 11.5 Å². The molecule has 0 bridgehead atoms. The molecule has 2 amide bonds. The molecule has 1 heterocycles. The molecule has 142 valence electrons. The Morgan fingerprint density at radius 1 is 1.04 bits per heavy atom. The summed E-state index contributed by atoms with van der Waals surface area (Å²) in [6.45, 7) is 3.23. The monoisotopic (exact) mass is 369 g/mol. The van der Waals surface area contributed by atoms with Crippen LogP contribution in [0.2, 0.25) is 0 Å². The van der Waals surface area contributed by atoms with Gasteiger partial charge in [0.2, 0.25) is 5.91 Å². The molecule has 0 aliphatic carbocycles. The van der Waals surface area contributed by atoms with E-state index in [9.17, 15) is 9.59 Å². The lowest BCUT2D eigenvalue weighted by Crippen LogP contribution is -2.92. The highest BCUT2D eigenvalue weighted by molar-refractivity contribution is 6.21. The van der Waals surface area contributed by atoms with Crippen molar-refractivity contribution in [2.75, 3.05) is 25.2 Å². The van der Waals surface area contributed by atoms with E-state index in [4.69, 9.17) is 9.47 Å². The van der Waals surface area contributed by atoms with Gasteiger partial charge in [-0.2, -0.15) is 0 Å². The third-order valence-corrected chi connectivity index (χ3v) is 4.63. The lowest BCUT2D eigenvalue weighted by atomic mass is 10.1. The molecule has 6 nitrogen and oxygen atoms in total. The smallest absolute Gasteiger partial charge is 0.292 e. The molecular weight excluding hydrogens is 344 g/mol. The minimum atomic E-state index is -0.359. The Hall–Kier alpha value is -2.86. The van der Waals surface area contributed by atoms with Crippen LogP contribution in [0.15, 0.2) is 48.5 Å². The summed E-state index contributed by atoms with van der Waals surface area (Å²) in [5, 5.41) is 1.96. The molecule has 1 unspecified atom stereocenters. The number of carbonyl (C=O) groups excluding carboxylic acids is 2. The molecule has 1 aliphatic heterocycles. The van der Waals surface area contributed by atoms with Crippen LogP contribution in [0.1, 0.15) is 18.9 Å². The molecule has 0 aromatic heterocycles. The molecule has 1 aliphatic rings. The van der Waals surface area contributed by atoms with Gasteiger partial charge < -0.3 is 14.8 Å². The van der Waals surface area contributed by atoms with Crippen LogP contribution in [0.3, 0.4) is 0 Å². The van der Waals surface area contributed by atoms with Crippen molar-refractivity contribution in [2.45, 2.75) is 25.8 Å². The number of carbonyl (C=O) groups is 2. The molecule has 3 rings (SSSR count). The Morgan fingerprint density at radius 2 is 1.70 bits per heavy atom. The Labute approximate surface area is 159 Å². The summed E-state index contributed by atoms with van der Waals surface area (Å²) in [6.07, 6.45) is 1.06. The number of nitrogens with zero attached hydrogens (tertiary/aromatic N) is 1. The minimum Gasteiger partial charge on any atom is -0.497 e. The number of nitrogens with two attached hydrogens (primary N) is 1. The van der Waals surface area contributed by atoms with E-state index in [2.05, 4.69) is 0 Å². The first kappa shape index (κ1) is 18.9. The van der Waals surface area contributed by atoms with Crippen LogP contribution >= 0.6 is 0 Å². The average Bonchev–Trinajstić information content (AvgIpc) is 2.97. The third kappa shape index (κ3) is 4.46. The second kappa shape index (κ2) is 8.68. The van der Waals surface area contributed by atoms with Gasteiger partial charge in [0.25, 0.3) is 5.91 Å². The first-order valence-corrected chi connectivity index (χ1v) is 9.18. The van der Waals surface area contributed by atoms with Crippen molar-refractivity contribution in [1.82, 2.24) is 0 Å². The number of amides is 2. The number of hydrogen-bond donors (Lipinski definition) is 1. The highest BCUT2D eigenvalue weighted by Crippen LogP contribution is 2.24. The van der Waals surface area contributed by atoms with Crippen LogP contribution in [0.25, 0.3) is 0 Å². The molecular formula is C21H25N2O4+. The van der Waals surface area contributed by atoms with Gasteiger partial charge in [0.1, 0.15) is 11.5 Å². The zero-order chi connectivity index (χ0) is 19.2. The highest BCUT2D eigenvalue weighted by atomic mass is 16.5. The van der Waals surface area contributed by atoms with Crippen molar-refractivity contribution in [1.29, 1.82) is 0 Å². The van der Waals surface area contributed by atoms with Crippen molar-refractivity contribution in [2.24, 2.45) is 0 Å². The van der Waals surface area contributed by atoms with Crippen molar-refractivity contribution >= 4 is 17.5 Å². The lowest BCUT2D eigenvalue weighted by molar-refractivity contribution is -0.674. The molecule has 1 fully saturated rings. The highest BCUT2D eigenvalue weighted by Gasteiger charge is 2.42. The maximum Gasteiger partial charge on any atom is 0.292 e. The number of rotatable bonds is 8. The molecule has 2 N–H and O–H groups in total. The zero-order valence-electron chi connectivity index (χ0n) is 15.7. The zero-order valence-corrected chi connectivity index (χ0v) is 15.7. The van der Waals surface area contributed by atoms with Crippen LogP contribution in [-0.2, 0) is 16.0 Å². The first-order chi connectivity index (χ1) is 13.1. The number of ether oxygens (including phenoxy) is 2. The quantitative estimate of drug-likeness (QED) is 0.717. The first-order valence-electron chi connectivity index (χ1n) is 9.18. The summed E-state index contributed by atoms with van der Waals surface area (Å²) in [6, 6.07) is 14.6. The number of benzene rings is 2. The van der Waals surface area contributed by atoms with Gasteiger partial charge in [0.15, 0.2) is 6.04 Å². The maximum absolute atomic E-state index is 12.7. The van der Waals surface area contributed by atoms with Crippen LogP contribution in [0.4, 0.5) is 5.69 Å². The van der Waals surface area contributed by atoms with Gasteiger partial charge in [-0.05, 0) is 48.9 Å². The van der Waals surface area contributed by atoms with Crippen molar-refractivity contribution < 1.29 is 24.4 Å². The van der Waals surface area contributed by atoms with Crippen LogP contribution in [0.5, 0.6) is 11.5 Å². The molecule has 1 atom stereocenters. The summed E-state index contributed by atoms with van der Waals surface area (Å²) >= 11 is 0. The fourth-order valence-electron chi connectivity index (χ4n) is 3.21. The van der Waals surface area contributed by atoms with Gasteiger partial charge in [0, 0.05) is 6.42 Å². The topological polar surface area (TPSA) is 72.4 Å². The van der Waals surface area contributed by atoms with E-state index in [1.54, 1.807) is 31.4 Å². The van der Waals surface area contributed by atoms with E-state index >= 15 is 0 Å². The number of anilines is 1. The Balaban J connectivity index is 1.56. The molecule has 27 heavy (non-hydrogen) atoms. The fraction of sp³-hybridized carbons (Fsp3) is 0.333. The minimum absolute atomic E-state index is 0.154. The summed E-state index contributed by atoms with van der Waals surface area (Å²) < 4.78 is 10.6. The van der Waals surface area contributed by atoms with E-state index in [1.165, 1.54) is 10.5 Å². The summed E-state index contributed by atoms with van der Waals surface area (Å²) in [5.74, 6) is 1.24. The van der Waals surface area contributed by atoms with Gasteiger partial charge in [0.05, 0.1) is 32.4 Å². The average molecular weight is 369 g/mol. The fourth-order valence-corrected chi connectivity index (χ4v) is 3.21. The normalized spacial score (nSPS) is 16.7. The van der Waals surface area contributed by atoms with Crippen LogP contribution < -0.4 is 19.7 Å². The van der Waals surface area contributed by atoms with E-state index in [0.717, 1.165) is 24.5 Å². The maximum atomic E-state index is 12.7. The summed E-state index contributed by atoms with van der Waals surface area (Å²) in [5.41, 5.74) is 1.77. The standard InChI is InChI=1S/C21H24N2O4/c1-3-27-18-10-6-16(7-11-18)23-20(24)14-19(21(23)25)22-13-12-15-4-8-17(26-2)9-5-15/h4-11,19,22H,3,12-14H2,1-2H3/p+1. The molecule has 0 radical (unpaired) electrons. The summed E-state index contributed by atoms with van der Waals surface area (Å²) in [7, 11) is 1.64. The number of quaternary nitrogens is 1. The van der Waals surface area contributed by atoms with E-state index in [-0.39, 0.29) is 24.3 Å². The number of imide groups is 1. The van der Waals surface area contributed by atoms with Gasteiger partial charge >= 0.3 is 0 Å². The molecule has 2 aromatic carbocycles. The predicted octanol–water partition coefficient (Wildman–Crippen LogP) is 1.53. The van der Waals surface area contributed by atoms with Gasteiger partial charge in [-0.3, -0.25) is 9.59 Å². The number of hydrogen-bond acceptors (Lipinski definition) is 4. The largest absolute Gasteiger partial charge is 0.497 e. The SMILES string of the molecule is CCOc1ccc(N2C(=O)CC([NH2+]CCc3ccc(OC)cc3)C2=O)cc1. The van der Waals surface area contributed by atoms with E-state index in [0.29, 0.717) is 12.3 Å². The third-order valence-electron chi connectivity index (χ3n) is 4.63. The van der Waals surface area contributed by atoms with Gasteiger partial charge in [-0.1, -0.05) is 12.1 Å². The second-order valence-electron chi connectivity index (χ2n) is 6.43. The van der Waals surface area contributed by atoms with Gasteiger partial charge in [-0.25, -0.2) is 4.90 Å². The molecule has 0 spiro atoms. The molecule has 0 saturated carbocycles. The number of methoxy groups -OCH3 is 1. The molecule has 2 aromatic rings. The second-order valence-corrected chi connectivity index (χ2v) is 6.43. The predicted molar refractivity (Wildman–Crippen MR) is 102 cm³/mol.